The number of nitrogens with zero attached hydrogens (tertiary/aromatic N) is 8. The molecule has 0 radical (unpaired) electrons. The molecule has 4 aromatic heterocycles. The van der Waals surface area contributed by atoms with Crippen LogP contribution < -0.4 is 25.8 Å². The van der Waals surface area contributed by atoms with Crippen molar-refractivity contribution in [2.45, 2.75) is 50.1 Å². The van der Waals surface area contributed by atoms with Gasteiger partial charge in [-0.3, -0.25) is 4.90 Å². The van der Waals surface area contributed by atoms with Gasteiger partial charge in [0.05, 0.1) is 29.2 Å². The molecule has 256 valence electrons. The minimum absolute atomic E-state index is 0.0348. The van der Waals surface area contributed by atoms with Gasteiger partial charge in [-0.2, -0.15) is 28.1 Å². The lowest BCUT2D eigenvalue weighted by Crippen LogP contribution is -2.43. The first-order valence-electron chi connectivity index (χ1n) is 15.8. The highest BCUT2D eigenvalue weighted by Gasteiger charge is 2.49. The summed E-state index contributed by atoms with van der Waals surface area (Å²) in [5.74, 6) is -1.58. The number of alkyl halides is 4. The molecule has 4 N–H and O–H groups in total. The standard InChI is InChI=1S/C32H31F5N10O2/c1-16(18-6-3-9-40-25(18)38)46-11-12-48-29-21-23(41-30(43-27(21)46)49-15-31-8-4-10-45(31)14-17(33)13-31)22(34)28(42-29)47-24-19(26(39)44-47)5-2-7-20(24)32(35,36)37/h2-3,5-7,9,16-17H,4,8,10-15H2,1H3,(H2,38,40)(H2,39,44)/t16-,17-,31+/m1/s1. The van der Waals surface area contributed by atoms with Crippen molar-refractivity contribution >= 4 is 39.3 Å². The van der Waals surface area contributed by atoms with Crippen LogP contribution in [0.3, 0.4) is 0 Å². The summed E-state index contributed by atoms with van der Waals surface area (Å²) in [6, 6.07) is 6.31. The fraction of sp³-hybridized carbons (Fsp3) is 0.406. The number of rotatable bonds is 6. The molecule has 2 fully saturated rings. The summed E-state index contributed by atoms with van der Waals surface area (Å²) < 4.78 is 87.0. The summed E-state index contributed by atoms with van der Waals surface area (Å²) in [5.41, 5.74) is 10.5. The monoisotopic (exact) mass is 682 g/mol. The number of hydrogen-bond acceptors (Lipinski definition) is 11. The first-order valence-corrected chi connectivity index (χ1v) is 15.8. The number of ether oxygens (including phenoxy) is 2. The second-order valence-corrected chi connectivity index (χ2v) is 12.7. The van der Waals surface area contributed by atoms with Crippen molar-refractivity contribution in [1.82, 2.24) is 34.6 Å². The molecule has 3 aliphatic rings. The molecule has 0 spiro atoms. The van der Waals surface area contributed by atoms with Crippen molar-refractivity contribution in [2.24, 2.45) is 0 Å². The number of para-hydroxylation sites is 1. The lowest BCUT2D eigenvalue weighted by Gasteiger charge is -2.32. The Labute approximate surface area is 275 Å². The average molecular weight is 683 g/mol. The van der Waals surface area contributed by atoms with Crippen molar-refractivity contribution in [3.63, 3.8) is 0 Å². The van der Waals surface area contributed by atoms with Crippen LogP contribution >= 0.6 is 0 Å². The second-order valence-electron chi connectivity index (χ2n) is 12.7. The van der Waals surface area contributed by atoms with E-state index in [4.69, 9.17) is 25.9 Å². The van der Waals surface area contributed by atoms with Crippen LogP contribution in [0.1, 0.15) is 43.4 Å². The maximum absolute atomic E-state index is 16.9. The second kappa shape index (κ2) is 11.2. The van der Waals surface area contributed by atoms with Gasteiger partial charge in [-0.05, 0) is 44.5 Å². The minimum Gasteiger partial charge on any atom is -0.475 e. The lowest BCUT2D eigenvalue weighted by molar-refractivity contribution is -0.136. The molecule has 0 bridgehead atoms. The van der Waals surface area contributed by atoms with E-state index in [2.05, 4.69) is 25.0 Å². The Bertz CT molecular complexity index is 2110. The van der Waals surface area contributed by atoms with Crippen LogP contribution in [-0.2, 0) is 6.18 Å². The highest BCUT2D eigenvalue weighted by molar-refractivity contribution is 5.97. The third-order valence-corrected chi connectivity index (χ3v) is 9.80. The Morgan fingerprint density at radius 2 is 1.92 bits per heavy atom. The van der Waals surface area contributed by atoms with E-state index >= 15 is 4.39 Å². The summed E-state index contributed by atoms with van der Waals surface area (Å²) in [4.78, 5) is 21.6. The quantitative estimate of drug-likeness (QED) is 0.234. The van der Waals surface area contributed by atoms with E-state index in [0.717, 1.165) is 23.7 Å². The molecule has 0 amide bonds. The van der Waals surface area contributed by atoms with Gasteiger partial charge in [0, 0.05) is 30.1 Å². The Hall–Kier alpha value is -5.06. The number of hydrogen-bond donors (Lipinski definition) is 2. The average Bonchev–Trinajstić information content (AvgIpc) is 3.67. The normalized spacial score (nSPS) is 21.6. The summed E-state index contributed by atoms with van der Waals surface area (Å²) in [6.07, 6.45) is -2.37. The van der Waals surface area contributed by atoms with Crippen molar-refractivity contribution in [3.8, 4) is 17.7 Å². The van der Waals surface area contributed by atoms with Gasteiger partial charge >= 0.3 is 12.2 Å². The summed E-state index contributed by atoms with van der Waals surface area (Å²) in [5, 5.41) is 4.12. The van der Waals surface area contributed by atoms with E-state index in [-0.39, 0.29) is 71.8 Å². The van der Waals surface area contributed by atoms with Crippen molar-refractivity contribution in [1.29, 1.82) is 0 Å². The number of anilines is 3. The highest BCUT2D eigenvalue weighted by atomic mass is 19.4. The first-order chi connectivity index (χ1) is 23.4. The van der Waals surface area contributed by atoms with Gasteiger partial charge in [-0.1, -0.05) is 12.1 Å². The molecule has 7 heterocycles. The molecular formula is C32H31F5N10O2. The molecule has 0 aliphatic carbocycles. The van der Waals surface area contributed by atoms with Gasteiger partial charge in [0.1, 0.15) is 41.9 Å². The number of nitrogens with two attached hydrogens (primary N) is 2. The Balaban J connectivity index is 1.33. The largest absolute Gasteiger partial charge is 0.475 e. The van der Waals surface area contributed by atoms with Gasteiger partial charge in [0.2, 0.25) is 5.88 Å². The van der Waals surface area contributed by atoms with Crippen LogP contribution in [-0.4, -0.2) is 79.2 Å². The highest BCUT2D eigenvalue weighted by Crippen LogP contribution is 2.44. The molecule has 2 saturated heterocycles. The molecule has 49 heavy (non-hydrogen) atoms. The Morgan fingerprint density at radius 1 is 1.08 bits per heavy atom. The Kier molecular flexibility index (Phi) is 7.17. The number of pyridine rings is 2. The van der Waals surface area contributed by atoms with E-state index in [1.807, 2.05) is 17.9 Å². The molecule has 3 atom stereocenters. The molecule has 12 nitrogen and oxygen atoms in total. The van der Waals surface area contributed by atoms with Gasteiger partial charge in [-0.25, -0.2) is 18.4 Å². The molecule has 8 rings (SSSR count). The van der Waals surface area contributed by atoms with E-state index in [1.54, 1.807) is 12.3 Å². The topological polar surface area (TPSA) is 146 Å². The molecule has 0 saturated carbocycles. The van der Waals surface area contributed by atoms with Crippen molar-refractivity contribution in [3.05, 3.63) is 53.5 Å². The maximum atomic E-state index is 16.9. The third-order valence-electron chi connectivity index (χ3n) is 9.80. The fourth-order valence-electron chi connectivity index (χ4n) is 7.50. The van der Waals surface area contributed by atoms with Crippen LogP contribution in [0, 0.1) is 5.82 Å². The zero-order valence-electron chi connectivity index (χ0n) is 26.2. The zero-order chi connectivity index (χ0) is 34.2. The van der Waals surface area contributed by atoms with Gasteiger partial charge in [-0.15, -0.1) is 5.10 Å². The molecular weight excluding hydrogens is 651 g/mol. The van der Waals surface area contributed by atoms with Crippen LogP contribution in [0.25, 0.3) is 27.6 Å². The first kappa shape index (κ1) is 31.2. The number of nitrogen functional groups attached to an aromatic ring is 2. The van der Waals surface area contributed by atoms with Crippen molar-refractivity contribution in [2.75, 3.05) is 49.2 Å². The maximum Gasteiger partial charge on any atom is 0.418 e. The van der Waals surface area contributed by atoms with E-state index in [1.165, 1.54) is 12.1 Å². The molecule has 5 aromatic rings. The van der Waals surface area contributed by atoms with Crippen LogP contribution in [0.2, 0.25) is 0 Å². The molecule has 0 unspecified atom stereocenters. The van der Waals surface area contributed by atoms with E-state index in [9.17, 15) is 17.6 Å². The lowest BCUT2D eigenvalue weighted by atomic mass is 9.95. The fourth-order valence-corrected chi connectivity index (χ4v) is 7.50. The zero-order valence-corrected chi connectivity index (χ0v) is 26.2. The van der Waals surface area contributed by atoms with E-state index in [0.29, 0.717) is 18.5 Å². The number of fused-ring (bicyclic) bond motifs is 2. The predicted octanol–water partition coefficient (Wildman–Crippen LogP) is 5.00. The third kappa shape index (κ3) is 5.00. The smallest absolute Gasteiger partial charge is 0.418 e. The van der Waals surface area contributed by atoms with Gasteiger partial charge < -0.3 is 25.8 Å². The van der Waals surface area contributed by atoms with Gasteiger partial charge in [0.15, 0.2) is 17.5 Å². The SMILES string of the molecule is C[C@H](c1cccnc1N)N1CCOc2nc(-n3nc(N)c4cccc(C(F)(F)F)c43)c(F)c3nc(OC[C@@]45CCCN4C[C@H](F)C5)nc1c23. The summed E-state index contributed by atoms with van der Waals surface area (Å²) in [7, 11) is 0. The van der Waals surface area contributed by atoms with Crippen molar-refractivity contribution < 1.29 is 31.4 Å². The van der Waals surface area contributed by atoms with Crippen LogP contribution in [0.4, 0.5) is 39.4 Å². The molecule has 1 aromatic carbocycles. The number of halogens is 5. The number of benzene rings is 1. The molecule has 17 heteroatoms. The van der Waals surface area contributed by atoms with Crippen LogP contribution in [0.5, 0.6) is 11.9 Å². The number of aromatic nitrogens is 6. The van der Waals surface area contributed by atoms with E-state index < -0.39 is 46.6 Å². The summed E-state index contributed by atoms with van der Waals surface area (Å²) >= 11 is 0. The summed E-state index contributed by atoms with van der Waals surface area (Å²) in [6.45, 7) is 3.23. The predicted molar refractivity (Wildman–Crippen MR) is 170 cm³/mol. The Morgan fingerprint density at radius 3 is 2.71 bits per heavy atom. The van der Waals surface area contributed by atoms with Gasteiger partial charge in [0.25, 0.3) is 0 Å². The van der Waals surface area contributed by atoms with Crippen LogP contribution in [0.15, 0.2) is 36.5 Å². The molecule has 3 aliphatic heterocycles. The minimum atomic E-state index is -4.81.